The van der Waals surface area contributed by atoms with Crippen molar-refractivity contribution in [1.82, 2.24) is 19.7 Å². The van der Waals surface area contributed by atoms with E-state index in [1.165, 1.54) is 6.33 Å². The molecule has 1 saturated heterocycles. The first-order valence-corrected chi connectivity index (χ1v) is 10.0. The molecule has 0 spiro atoms. The molecule has 7 nitrogen and oxygen atoms in total. The molecule has 0 bridgehead atoms. The lowest BCUT2D eigenvalue weighted by atomic mass is 9.86. The summed E-state index contributed by atoms with van der Waals surface area (Å²) in [5, 5.41) is 6.97. The number of nitrogens with one attached hydrogen (secondary N) is 1. The van der Waals surface area contributed by atoms with Crippen LogP contribution >= 0.6 is 0 Å². The second-order valence-electron chi connectivity index (χ2n) is 7.89. The Labute approximate surface area is 173 Å². The third-order valence-electron chi connectivity index (χ3n) is 6.03. The highest BCUT2D eigenvalue weighted by molar-refractivity contribution is 5.40. The minimum atomic E-state index is -4.36. The van der Waals surface area contributed by atoms with Crippen LogP contribution in [0.1, 0.15) is 30.9 Å². The Morgan fingerprint density at radius 3 is 2.80 bits per heavy atom. The Balaban J connectivity index is 1.48. The van der Waals surface area contributed by atoms with Crippen LogP contribution in [0.2, 0.25) is 0 Å². The third kappa shape index (κ3) is 4.19. The zero-order chi connectivity index (χ0) is 21.3. The maximum Gasteiger partial charge on any atom is 0.411 e. The first-order valence-electron chi connectivity index (χ1n) is 10.0. The molecule has 0 saturated carbocycles. The summed E-state index contributed by atoms with van der Waals surface area (Å²) in [5.74, 6) is 1.81. The van der Waals surface area contributed by atoms with Gasteiger partial charge in [0.1, 0.15) is 17.8 Å². The molecule has 3 atom stereocenters. The van der Waals surface area contributed by atoms with Gasteiger partial charge in [-0.3, -0.25) is 4.90 Å². The second-order valence-corrected chi connectivity index (χ2v) is 7.89. The van der Waals surface area contributed by atoms with Crippen LogP contribution in [0.15, 0.2) is 24.5 Å². The molecule has 4 rings (SSSR count). The van der Waals surface area contributed by atoms with Crippen LogP contribution in [-0.2, 0) is 6.54 Å². The van der Waals surface area contributed by atoms with Crippen molar-refractivity contribution < 1.29 is 22.6 Å². The van der Waals surface area contributed by atoms with Crippen molar-refractivity contribution in [2.45, 2.75) is 44.1 Å². The summed E-state index contributed by atoms with van der Waals surface area (Å²) in [6.07, 6.45) is -1.42. The number of fused-ring (bicyclic) bond motifs is 1. The van der Waals surface area contributed by atoms with Gasteiger partial charge in [0.25, 0.3) is 0 Å². The Morgan fingerprint density at radius 1 is 1.23 bits per heavy atom. The SMILES string of the molecule is COc1ccc(OC)c(CN2CCC[C@@H]([C@@H]3C[C@H](C(F)(F)F)n4ncnc4N3)C2)c1. The zero-order valence-electron chi connectivity index (χ0n) is 17.0. The summed E-state index contributed by atoms with van der Waals surface area (Å²) in [6, 6.07) is 3.72. The number of hydrogen-bond acceptors (Lipinski definition) is 6. The molecule has 30 heavy (non-hydrogen) atoms. The number of likely N-dealkylation sites (tertiary alicyclic amines) is 1. The number of nitrogens with zero attached hydrogens (tertiary/aromatic N) is 4. The molecule has 1 fully saturated rings. The Hall–Kier alpha value is -2.49. The molecule has 0 radical (unpaired) electrons. The molecular formula is C20H26F3N5O2. The maximum atomic E-state index is 13.6. The van der Waals surface area contributed by atoms with Crippen molar-refractivity contribution in [3.05, 3.63) is 30.1 Å². The van der Waals surface area contributed by atoms with Crippen LogP contribution in [0, 0.1) is 5.92 Å². The average molecular weight is 425 g/mol. The number of alkyl halides is 3. The van der Waals surface area contributed by atoms with Crippen molar-refractivity contribution in [2.75, 3.05) is 32.6 Å². The fourth-order valence-corrected chi connectivity index (χ4v) is 4.54. The number of piperidine rings is 1. The highest BCUT2D eigenvalue weighted by atomic mass is 19.4. The fourth-order valence-electron chi connectivity index (χ4n) is 4.54. The summed E-state index contributed by atoms with van der Waals surface area (Å²) in [7, 11) is 3.25. The second kappa shape index (κ2) is 8.33. The smallest absolute Gasteiger partial charge is 0.411 e. The predicted molar refractivity (Wildman–Crippen MR) is 105 cm³/mol. The van der Waals surface area contributed by atoms with E-state index in [1.807, 2.05) is 18.2 Å². The number of ether oxygens (including phenoxy) is 2. The number of aromatic nitrogens is 3. The summed E-state index contributed by atoms with van der Waals surface area (Å²) in [5.41, 5.74) is 1.00. The van der Waals surface area contributed by atoms with E-state index in [2.05, 4.69) is 20.3 Å². The molecule has 1 aromatic heterocycles. The van der Waals surface area contributed by atoms with Gasteiger partial charge < -0.3 is 14.8 Å². The van der Waals surface area contributed by atoms with Gasteiger partial charge in [-0.05, 0) is 49.9 Å². The molecule has 3 heterocycles. The van der Waals surface area contributed by atoms with Gasteiger partial charge in [-0.2, -0.15) is 23.3 Å². The van der Waals surface area contributed by atoms with Gasteiger partial charge in [-0.1, -0.05) is 0 Å². The largest absolute Gasteiger partial charge is 0.497 e. The Bertz CT molecular complexity index is 872. The Kier molecular flexibility index (Phi) is 5.77. The molecule has 1 N–H and O–H groups in total. The number of hydrogen-bond donors (Lipinski definition) is 1. The number of methoxy groups -OCH3 is 2. The maximum absolute atomic E-state index is 13.6. The minimum absolute atomic E-state index is 0.0408. The van der Waals surface area contributed by atoms with E-state index in [0.29, 0.717) is 13.1 Å². The van der Waals surface area contributed by atoms with Crippen LogP contribution in [0.25, 0.3) is 0 Å². The van der Waals surface area contributed by atoms with Crippen LogP contribution in [0.4, 0.5) is 19.1 Å². The average Bonchev–Trinajstić information content (AvgIpc) is 3.21. The van der Waals surface area contributed by atoms with Crippen molar-refractivity contribution in [3.8, 4) is 11.5 Å². The lowest BCUT2D eigenvalue weighted by molar-refractivity contribution is -0.174. The molecule has 10 heteroatoms. The van der Waals surface area contributed by atoms with Crippen LogP contribution < -0.4 is 14.8 Å². The molecule has 2 aliphatic rings. The molecule has 2 aliphatic heterocycles. The third-order valence-corrected chi connectivity index (χ3v) is 6.03. The normalized spacial score (nSPS) is 24.8. The number of rotatable bonds is 5. The lowest BCUT2D eigenvalue weighted by Gasteiger charge is -2.41. The number of halogens is 3. The summed E-state index contributed by atoms with van der Waals surface area (Å²) >= 11 is 0. The standard InChI is InChI=1S/C20H26F3N5O2/c1-29-15-5-6-17(30-2)14(8-15)11-27-7-3-4-13(10-27)16-9-18(20(21,22)23)28-19(26-16)24-12-25-28/h5-6,8,12-13,16,18H,3-4,7,9-11H2,1-2H3,(H,24,25,26)/t13-,16+,18-/m1/s1. The fraction of sp³-hybridized carbons (Fsp3) is 0.600. The van der Waals surface area contributed by atoms with Gasteiger partial charge in [0.2, 0.25) is 5.95 Å². The van der Waals surface area contributed by atoms with Gasteiger partial charge in [0.05, 0.1) is 14.2 Å². The van der Waals surface area contributed by atoms with E-state index in [0.717, 1.165) is 41.1 Å². The molecule has 0 amide bonds. The van der Waals surface area contributed by atoms with E-state index in [-0.39, 0.29) is 24.3 Å². The minimum Gasteiger partial charge on any atom is -0.497 e. The van der Waals surface area contributed by atoms with Crippen molar-refractivity contribution >= 4 is 5.95 Å². The first-order chi connectivity index (χ1) is 14.4. The van der Waals surface area contributed by atoms with Gasteiger partial charge >= 0.3 is 6.18 Å². The number of anilines is 1. The molecule has 0 aliphatic carbocycles. The van der Waals surface area contributed by atoms with Crippen LogP contribution in [0.5, 0.6) is 11.5 Å². The molecular weight excluding hydrogens is 399 g/mol. The highest BCUT2D eigenvalue weighted by Crippen LogP contribution is 2.41. The predicted octanol–water partition coefficient (Wildman–Crippen LogP) is 3.50. The Morgan fingerprint density at radius 2 is 2.07 bits per heavy atom. The quantitative estimate of drug-likeness (QED) is 0.791. The van der Waals surface area contributed by atoms with Crippen molar-refractivity contribution in [2.24, 2.45) is 5.92 Å². The summed E-state index contributed by atoms with van der Waals surface area (Å²) < 4.78 is 52.6. The lowest BCUT2D eigenvalue weighted by Crippen LogP contribution is -2.47. The molecule has 164 valence electrons. The number of benzene rings is 1. The summed E-state index contributed by atoms with van der Waals surface area (Å²) in [6.45, 7) is 2.25. The van der Waals surface area contributed by atoms with E-state index in [9.17, 15) is 13.2 Å². The van der Waals surface area contributed by atoms with Gasteiger partial charge in [-0.25, -0.2) is 4.68 Å². The van der Waals surface area contributed by atoms with E-state index < -0.39 is 12.2 Å². The van der Waals surface area contributed by atoms with Crippen molar-refractivity contribution in [3.63, 3.8) is 0 Å². The van der Waals surface area contributed by atoms with Gasteiger partial charge in [-0.15, -0.1) is 0 Å². The van der Waals surface area contributed by atoms with Crippen LogP contribution in [-0.4, -0.2) is 59.2 Å². The highest BCUT2D eigenvalue weighted by Gasteiger charge is 2.48. The topological polar surface area (TPSA) is 64.4 Å². The van der Waals surface area contributed by atoms with Gasteiger partial charge in [0, 0.05) is 24.7 Å². The van der Waals surface area contributed by atoms with E-state index in [4.69, 9.17) is 9.47 Å². The first kappa shape index (κ1) is 20.8. The molecule has 2 aromatic rings. The summed E-state index contributed by atoms with van der Waals surface area (Å²) in [4.78, 5) is 6.26. The zero-order valence-corrected chi connectivity index (χ0v) is 17.0. The monoisotopic (exact) mass is 425 g/mol. The van der Waals surface area contributed by atoms with Crippen molar-refractivity contribution in [1.29, 1.82) is 0 Å². The van der Waals surface area contributed by atoms with Crippen LogP contribution in [0.3, 0.4) is 0 Å². The van der Waals surface area contributed by atoms with E-state index >= 15 is 0 Å². The molecule has 0 unspecified atom stereocenters. The van der Waals surface area contributed by atoms with E-state index in [1.54, 1.807) is 14.2 Å². The van der Waals surface area contributed by atoms with Gasteiger partial charge in [0.15, 0.2) is 6.04 Å². The molecule has 1 aromatic carbocycles.